The molecule has 0 rings (SSSR count). The van der Waals surface area contributed by atoms with Gasteiger partial charge in [0.2, 0.25) is 0 Å². The molecule has 0 aromatic rings. The second-order valence-electron chi connectivity index (χ2n) is 13.6. The fourth-order valence-corrected chi connectivity index (χ4v) is 9.83. The number of hydrogen-bond donors (Lipinski definition) is 0. The molecule has 0 heterocycles. The van der Waals surface area contributed by atoms with Crippen molar-refractivity contribution < 1.29 is 0 Å². The van der Waals surface area contributed by atoms with Gasteiger partial charge in [0.1, 0.15) is 0 Å². The van der Waals surface area contributed by atoms with Crippen molar-refractivity contribution in [3.63, 3.8) is 0 Å². The highest BCUT2D eigenvalue weighted by atomic mass is 31.1. The highest BCUT2D eigenvalue weighted by molar-refractivity contribution is 7.57. The minimum Gasteiger partial charge on any atom is -0.106 e. The summed E-state index contributed by atoms with van der Waals surface area (Å²) >= 11 is 0. The van der Waals surface area contributed by atoms with Crippen LogP contribution in [-0.4, -0.2) is 18.5 Å². The molecule has 0 saturated carbocycles. The molecular formula is C35H73P. The van der Waals surface area contributed by atoms with Crippen molar-refractivity contribution in [2.75, 3.05) is 12.8 Å². The van der Waals surface area contributed by atoms with Crippen molar-refractivity contribution in [3.8, 4) is 0 Å². The van der Waals surface area contributed by atoms with E-state index in [1.54, 1.807) is 0 Å². The van der Waals surface area contributed by atoms with Crippen molar-refractivity contribution in [1.82, 2.24) is 0 Å². The van der Waals surface area contributed by atoms with Gasteiger partial charge in [-0.15, -0.1) is 7.92 Å². The fourth-order valence-electron chi connectivity index (χ4n) is 7.40. The first-order valence-electron chi connectivity index (χ1n) is 16.8. The molecule has 0 fully saturated rings. The molecule has 0 saturated heterocycles. The SMILES string of the molecule is CCCC(CCCCC(C)CCC(C)C(C(C)CC(C)C)P(C)CC)CCCC(CC)C(C)CCC. The third-order valence-electron chi connectivity index (χ3n) is 9.65. The lowest BCUT2D eigenvalue weighted by molar-refractivity contribution is 0.281. The smallest absolute Gasteiger partial charge is 0.0160 e. The molecule has 0 aliphatic rings. The second kappa shape index (κ2) is 22.3. The lowest BCUT2D eigenvalue weighted by Crippen LogP contribution is -2.26. The Hall–Kier alpha value is 0.430. The normalized spacial score (nSPS) is 19.0. The van der Waals surface area contributed by atoms with Crippen LogP contribution in [0.5, 0.6) is 0 Å². The van der Waals surface area contributed by atoms with E-state index in [1.807, 2.05) is 0 Å². The maximum atomic E-state index is 2.59. The summed E-state index contributed by atoms with van der Waals surface area (Å²) in [6.45, 7) is 27.2. The molecule has 0 amide bonds. The molecule has 0 radical (unpaired) electrons. The summed E-state index contributed by atoms with van der Waals surface area (Å²) < 4.78 is 0. The quantitative estimate of drug-likeness (QED) is 0.0869. The van der Waals surface area contributed by atoms with Crippen LogP contribution in [0, 0.1) is 41.4 Å². The van der Waals surface area contributed by atoms with Gasteiger partial charge in [-0.1, -0.05) is 153 Å². The summed E-state index contributed by atoms with van der Waals surface area (Å²) in [5, 5.41) is 0. The van der Waals surface area contributed by atoms with Crippen LogP contribution in [0.15, 0.2) is 0 Å². The number of rotatable bonds is 24. The molecule has 0 aromatic carbocycles. The predicted octanol–water partition coefficient (Wildman–Crippen LogP) is 12.8. The molecule has 0 bridgehead atoms. The van der Waals surface area contributed by atoms with Crippen molar-refractivity contribution in [2.24, 2.45) is 41.4 Å². The number of unbranched alkanes of at least 4 members (excludes halogenated alkanes) is 1. The molecule has 8 atom stereocenters. The van der Waals surface area contributed by atoms with E-state index in [2.05, 4.69) is 75.9 Å². The maximum absolute atomic E-state index is 2.59. The minimum absolute atomic E-state index is 0.176. The first kappa shape index (κ1) is 36.4. The van der Waals surface area contributed by atoms with Gasteiger partial charge in [0, 0.05) is 0 Å². The van der Waals surface area contributed by atoms with Gasteiger partial charge >= 0.3 is 0 Å². The fraction of sp³-hybridized carbons (Fsp3) is 1.00. The van der Waals surface area contributed by atoms with Crippen molar-refractivity contribution in [3.05, 3.63) is 0 Å². The van der Waals surface area contributed by atoms with Crippen molar-refractivity contribution >= 4 is 7.92 Å². The Labute approximate surface area is 233 Å². The summed E-state index contributed by atoms with van der Waals surface area (Å²) in [6, 6.07) is 0. The van der Waals surface area contributed by atoms with Crippen molar-refractivity contribution in [1.29, 1.82) is 0 Å². The zero-order valence-corrected chi connectivity index (χ0v) is 28.3. The zero-order chi connectivity index (χ0) is 27.5. The van der Waals surface area contributed by atoms with E-state index in [0.717, 1.165) is 47.1 Å². The largest absolute Gasteiger partial charge is 0.106 e. The Kier molecular flexibility index (Phi) is 22.5. The van der Waals surface area contributed by atoms with Crippen LogP contribution in [0.4, 0.5) is 0 Å². The Morgan fingerprint density at radius 3 is 1.72 bits per heavy atom. The summed E-state index contributed by atoms with van der Waals surface area (Å²) in [4.78, 5) is 0. The van der Waals surface area contributed by atoms with Crippen LogP contribution in [0.1, 0.15) is 166 Å². The highest BCUT2D eigenvalue weighted by Crippen LogP contribution is 2.47. The summed E-state index contributed by atoms with van der Waals surface area (Å²) in [7, 11) is 0.176. The molecule has 36 heavy (non-hydrogen) atoms. The molecule has 0 aromatic heterocycles. The molecule has 0 nitrogen and oxygen atoms in total. The Morgan fingerprint density at radius 1 is 0.556 bits per heavy atom. The standard InChI is InChI=1S/C35H73P/c1-12-19-30(8)34(14-3)24-18-23-33(20-13-2)22-17-16-21-29(7)25-26-31(9)35(36(11)15-4)32(10)27-28(5)6/h28-35H,12-27H2,1-11H3. The molecule has 0 spiro atoms. The third kappa shape index (κ3) is 16.4. The topological polar surface area (TPSA) is 0 Å². The first-order valence-corrected chi connectivity index (χ1v) is 18.8. The Bertz CT molecular complexity index is 471. The molecule has 0 aliphatic carbocycles. The summed E-state index contributed by atoms with van der Waals surface area (Å²) in [6.07, 6.45) is 23.0. The van der Waals surface area contributed by atoms with Gasteiger partial charge < -0.3 is 0 Å². The van der Waals surface area contributed by atoms with Crippen LogP contribution in [0.3, 0.4) is 0 Å². The molecule has 218 valence electrons. The van der Waals surface area contributed by atoms with Crippen LogP contribution in [-0.2, 0) is 0 Å². The second-order valence-corrected chi connectivity index (χ2v) is 16.4. The first-order chi connectivity index (χ1) is 17.1. The summed E-state index contributed by atoms with van der Waals surface area (Å²) in [5.41, 5.74) is 0.965. The predicted molar refractivity (Wildman–Crippen MR) is 172 cm³/mol. The lowest BCUT2D eigenvalue weighted by Gasteiger charge is -2.36. The maximum Gasteiger partial charge on any atom is -0.0160 e. The zero-order valence-electron chi connectivity index (χ0n) is 27.4. The lowest BCUT2D eigenvalue weighted by atomic mass is 9.82. The Morgan fingerprint density at radius 2 is 1.17 bits per heavy atom. The third-order valence-corrected chi connectivity index (χ3v) is 12.7. The average molecular weight is 525 g/mol. The van der Waals surface area contributed by atoms with Crippen LogP contribution >= 0.6 is 7.92 Å². The van der Waals surface area contributed by atoms with Gasteiger partial charge in [0.05, 0.1) is 0 Å². The molecule has 0 N–H and O–H groups in total. The van der Waals surface area contributed by atoms with E-state index in [0.29, 0.717) is 0 Å². The van der Waals surface area contributed by atoms with Crippen molar-refractivity contribution in [2.45, 2.75) is 171 Å². The minimum atomic E-state index is 0.176. The molecule has 8 unspecified atom stereocenters. The Balaban J connectivity index is 4.39. The monoisotopic (exact) mass is 525 g/mol. The van der Waals surface area contributed by atoms with E-state index in [9.17, 15) is 0 Å². The van der Waals surface area contributed by atoms with E-state index >= 15 is 0 Å². The van der Waals surface area contributed by atoms with E-state index in [-0.39, 0.29) is 7.92 Å². The molecular weight excluding hydrogens is 451 g/mol. The van der Waals surface area contributed by atoms with Crippen LogP contribution in [0.25, 0.3) is 0 Å². The average Bonchev–Trinajstić information content (AvgIpc) is 2.82. The van der Waals surface area contributed by atoms with Crippen LogP contribution < -0.4 is 0 Å². The van der Waals surface area contributed by atoms with E-state index in [1.165, 1.54) is 102 Å². The van der Waals surface area contributed by atoms with E-state index in [4.69, 9.17) is 0 Å². The highest BCUT2D eigenvalue weighted by Gasteiger charge is 2.28. The number of hydrogen-bond acceptors (Lipinski definition) is 0. The van der Waals surface area contributed by atoms with Gasteiger partial charge in [0.25, 0.3) is 0 Å². The molecule has 0 aliphatic heterocycles. The molecule has 1 heteroatoms. The van der Waals surface area contributed by atoms with Gasteiger partial charge in [-0.25, -0.2) is 0 Å². The van der Waals surface area contributed by atoms with Gasteiger partial charge in [-0.3, -0.25) is 0 Å². The van der Waals surface area contributed by atoms with Gasteiger partial charge in [-0.2, -0.15) is 0 Å². The summed E-state index contributed by atoms with van der Waals surface area (Å²) in [5.74, 6) is 6.42. The van der Waals surface area contributed by atoms with E-state index < -0.39 is 0 Å². The van der Waals surface area contributed by atoms with Gasteiger partial charge in [-0.05, 0) is 72.8 Å². The van der Waals surface area contributed by atoms with Gasteiger partial charge in [0.15, 0.2) is 0 Å². The van der Waals surface area contributed by atoms with Crippen LogP contribution in [0.2, 0.25) is 0 Å².